The van der Waals surface area contributed by atoms with Crippen LogP contribution in [0.15, 0.2) is 84.9 Å². The largest absolute Gasteiger partial charge is 0.496 e. The molecule has 0 fully saturated rings. The lowest BCUT2D eigenvalue weighted by atomic mass is 9.90. The van der Waals surface area contributed by atoms with Gasteiger partial charge in [0.05, 0.1) is 36.4 Å². The molecular weight excluding hydrogens is 654 g/mol. The minimum atomic E-state index is -1.93. The Labute approximate surface area is 295 Å². The zero-order valence-electron chi connectivity index (χ0n) is 29.2. The lowest BCUT2D eigenvalue weighted by Crippen LogP contribution is -2.51. The first-order valence-electron chi connectivity index (χ1n) is 16.2. The number of benzene rings is 4. The van der Waals surface area contributed by atoms with Crippen LogP contribution < -0.4 is 14.8 Å². The Bertz CT molecular complexity index is 2010. The molecule has 1 aliphatic heterocycles. The Balaban J connectivity index is 1.44. The highest BCUT2D eigenvalue weighted by atomic mass is 16.5. The molecule has 12 nitrogen and oxygen atoms in total. The van der Waals surface area contributed by atoms with E-state index in [9.17, 15) is 29.1 Å². The molecule has 0 saturated heterocycles. The predicted octanol–water partition coefficient (Wildman–Crippen LogP) is 5.25. The number of esters is 1. The molecule has 1 aliphatic rings. The number of ether oxygens (including phenoxy) is 3. The van der Waals surface area contributed by atoms with E-state index in [0.717, 1.165) is 4.90 Å². The van der Waals surface area contributed by atoms with Crippen LogP contribution in [0.4, 0.5) is 5.69 Å². The number of hydrogen-bond donors (Lipinski definition) is 2. The number of likely N-dealkylation sites (N-methyl/N-ethyl adjacent to an activating group) is 1. The number of fused-ring (bicyclic) bond motifs is 1. The maximum atomic E-state index is 14.0. The van der Waals surface area contributed by atoms with E-state index < -0.39 is 48.2 Å². The van der Waals surface area contributed by atoms with Gasteiger partial charge in [0, 0.05) is 37.8 Å². The average Bonchev–Trinajstić information content (AvgIpc) is 3.32. The fraction of sp³-hybridized carbons (Fsp3) is 0.256. The number of carboxylic acids is 1. The SMILES string of the molecule is COc1cccc(C(=O)Nc2cccc(CC(=O)OC[C@@]3(C(=O)O)c4ccccc4C(=O)N3C)c2C(=O)N(C)C)c1-c1ccc(OC(C)C)cc1. The van der Waals surface area contributed by atoms with Crippen molar-refractivity contribution in [3.8, 4) is 22.6 Å². The maximum Gasteiger partial charge on any atom is 0.338 e. The van der Waals surface area contributed by atoms with Crippen molar-refractivity contribution in [2.24, 2.45) is 0 Å². The molecule has 51 heavy (non-hydrogen) atoms. The second-order valence-electron chi connectivity index (χ2n) is 12.5. The summed E-state index contributed by atoms with van der Waals surface area (Å²) in [5, 5.41) is 13.1. The van der Waals surface area contributed by atoms with E-state index in [0.29, 0.717) is 22.6 Å². The highest BCUT2D eigenvalue weighted by Gasteiger charge is 2.55. The fourth-order valence-corrected chi connectivity index (χ4v) is 6.13. The van der Waals surface area contributed by atoms with E-state index in [1.165, 1.54) is 45.3 Å². The quantitative estimate of drug-likeness (QED) is 0.190. The van der Waals surface area contributed by atoms with Gasteiger partial charge in [-0.3, -0.25) is 19.2 Å². The van der Waals surface area contributed by atoms with E-state index in [1.807, 2.05) is 26.0 Å². The number of nitrogens with zero attached hydrogens (tertiary/aromatic N) is 2. The van der Waals surface area contributed by atoms with Crippen LogP contribution in [0.5, 0.6) is 11.5 Å². The average molecular weight is 694 g/mol. The van der Waals surface area contributed by atoms with Crippen molar-refractivity contribution in [3.63, 3.8) is 0 Å². The number of anilines is 1. The highest BCUT2D eigenvalue weighted by molar-refractivity contribution is 6.13. The molecule has 2 N–H and O–H groups in total. The first-order chi connectivity index (χ1) is 24.3. The molecule has 0 spiro atoms. The number of carbonyl (C=O) groups excluding carboxylic acids is 4. The molecule has 1 heterocycles. The minimum absolute atomic E-state index is 0.0151. The number of hydrogen-bond acceptors (Lipinski definition) is 8. The van der Waals surface area contributed by atoms with Gasteiger partial charge >= 0.3 is 11.9 Å². The Morgan fingerprint density at radius 2 is 1.61 bits per heavy atom. The van der Waals surface area contributed by atoms with Crippen LogP contribution in [0, 0.1) is 0 Å². The Hall–Kier alpha value is -6.17. The Morgan fingerprint density at radius 1 is 0.922 bits per heavy atom. The number of carboxylic acid groups (broad SMARTS) is 1. The van der Waals surface area contributed by atoms with Gasteiger partial charge in [0.25, 0.3) is 17.7 Å². The van der Waals surface area contributed by atoms with Crippen LogP contribution in [0.3, 0.4) is 0 Å². The Morgan fingerprint density at radius 3 is 2.25 bits per heavy atom. The smallest absolute Gasteiger partial charge is 0.338 e. The van der Waals surface area contributed by atoms with Crippen LogP contribution in [0.25, 0.3) is 11.1 Å². The number of methoxy groups -OCH3 is 1. The normalized spacial score (nSPS) is 14.9. The summed E-state index contributed by atoms with van der Waals surface area (Å²) in [6, 6.07) is 23.3. The Kier molecular flexibility index (Phi) is 10.4. The molecule has 1 atom stereocenters. The van der Waals surface area contributed by atoms with Gasteiger partial charge in [-0.05, 0) is 61.4 Å². The molecular formula is C39H39N3O9. The highest BCUT2D eigenvalue weighted by Crippen LogP contribution is 2.39. The lowest BCUT2D eigenvalue weighted by Gasteiger charge is -2.32. The van der Waals surface area contributed by atoms with Gasteiger partial charge in [-0.25, -0.2) is 4.79 Å². The molecule has 3 amide bonds. The van der Waals surface area contributed by atoms with Crippen molar-refractivity contribution >= 4 is 35.3 Å². The van der Waals surface area contributed by atoms with E-state index in [4.69, 9.17) is 14.2 Å². The van der Waals surface area contributed by atoms with Crippen molar-refractivity contribution in [1.82, 2.24) is 9.80 Å². The molecule has 0 bridgehead atoms. The van der Waals surface area contributed by atoms with E-state index >= 15 is 0 Å². The summed E-state index contributed by atoms with van der Waals surface area (Å²) < 4.78 is 16.9. The summed E-state index contributed by atoms with van der Waals surface area (Å²) in [4.78, 5) is 68.7. The van der Waals surface area contributed by atoms with Crippen molar-refractivity contribution in [2.75, 3.05) is 40.2 Å². The number of carbonyl (C=O) groups is 5. The number of nitrogens with one attached hydrogen (secondary N) is 1. The second kappa shape index (κ2) is 14.8. The zero-order chi connectivity index (χ0) is 37.0. The van der Waals surface area contributed by atoms with Gasteiger partial charge in [-0.1, -0.05) is 48.5 Å². The second-order valence-corrected chi connectivity index (χ2v) is 12.5. The van der Waals surface area contributed by atoms with E-state index in [2.05, 4.69) is 5.32 Å². The van der Waals surface area contributed by atoms with Gasteiger partial charge in [0.1, 0.15) is 18.1 Å². The van der Waals surface area contributed by atoms with Crippen molar-refractivity contribution in [3.05, 3.63) is 113 Å². The maximum absolute atomic E-state index is 14.0. The number of amides is 3. The van der Waals surface area contributed by atoms with E-state index in [1.54, 1.807) is 60.7 Å². The summed E-state index contributed by atoms with van der Waals surface area (Å²) in [5.74, 6) is -2.60. The molecule has 0 aromatic heterocycles. The zero-order valence-corrected chi connectivity index (χ0v) is 29.2. The van der Waals surface area contributed by atoms with Gasteiger partial charge in [0.2, 0.25) is 5.54 Å². The van der Waals surface area contributed by atoms with Crippen molar-refractivity contribution in [2.45, 2.75) is 31.9 Å². The summed E-state index contributed by atoms with van der Waals surface area (Å²) >= 11 is 0. The molecule has 4 aromatic rings. The van der Waals surface area contributed by atoms with Gasteiger partial charge in [-0.2, -0.15) is 0 Å². The molecule has 0 radical (unpaired) electrons. The summed E-state index contributed by atoms with van der Waals surface area (Å²) in [5.41, 5.74) is 0.425. The molecule has 0 aliphatic carbocycles. The third kappa shape index (κ3) is 6.98. The van der Waals surface area contributed by atoms with Gasteiger partial charge < -0.3 is 34.4 Å². The summed E-state index contributed by atoms with van der Waals surface area (Å²) in [6.07, 6.45) is -0.443. The predicted molar refractivity (Wildman–Crippen MR) is 189 cm³/mol. The first-order valence-corrected chi connectivity index (χ1v) is 16.2. The monoisotopic (exact) mass is 693 g/mol. The van der Waals surface area contributed by atoms with Crippen LogP contribution in [-0.4, -0.2) is 85.5 Å². The fourth-order valence-electron chi connectivity index (χ4n) is 6.13. The molecule has 4 aromatic carbocycles. The van der Waals surface area contributed by atoms with Crippen LogP contribution in [0.2, 0.25) is 0 Å². The first kappa shape index (κ1) is 36.1. The minimum Gasteiger partial charge on any atom is -0.496 e. The summed E-state index contributed by atoms with van der Waals surface area (Å²) in [7, 11) is 5.93. The molecule has 264 valence electrons. The van der Waals surface area contributed by atoms with Crippen molar-refractivity contribution < 1.29 is 43.3 Å². The van der Waals surface area contributed by atoms with Gasteiger partial charge in [-0.15, -0.1) is 0 Å². The third-order valence-electron chi connectivity index (χ3n) is 8.64. The van der Waals surface area contributed by atoms with Crippen LogP contribution in [-0.2, 0) is 26.3 Å². The number of aliphatic carboxylic acids is 1. The van der Waals surface area contributed by atoms with Crippen LogP contribution in [0.1, 0.15) is 56.0 Å². The standard InChI is InChI=1S/C39H39N3O9/c1-23(2)51-26-19-17-24(18-20-26)33-28(13-10-16-31(33)49-6)35(44)40-30-15-9-11-25(34(30)37(46)41(3)4)21-32(43)50-22-39(38(47)48)29-14-8-7-12-27(29)36(45)42(39)5/h7-20,23H,21-22H2,1-6H3,(H,40,44)(H,47,48)/t39-/m0/s1. The number of rotatable bonds is 12. The van der Waals surface area contributed by atoms with E-state index in [-0.39, 0.29) is 39.6 Å². The molecule has 12 heteroatoms. The molecule has 0 saturated carbocycles. The topological polar surface area (TPSA) is 152 Å². The lowest BCUT2D eigenvalue weighted by molar-refractivity contribution is -0.159. The molecule has 5 rings (SSSR count). The van der Waals surface area contributed by atoms with Crippen molar-refractivity contribution in [1.29, 1.82) is 0 Å². The summed E-state index contributed by atoms with van der Waals surface area (Å²) in [6.45, 7) is 3.20. The molecule has 0 unspecified atom stereocenters. The van der Waals surface area contributed by atoms with Crippen LogP contribution >= 0.6 is 0 Å². The van der Waals surface area contributed by atoms with Gasteiger partial charge in [0.15, 0.2) is 0 Å². The third-order valence-corrected chi connectivity index (χ3v) is 8.64.